The lowest BCUT2D eigenvalue weighted by molar-refractivity contribution is 0.474. The van der Waals surface area contributed by atoms with E-state index < -0.39 is 0 Å². The van der Waals surface area contributed by atoms with Gasteiger partial charge in [-0.15, -0.1) is 0 Å². The van der Waals surface area contributed by atoms with Crippen molar-refractivity contribution in [3.8, 4) is 5.75 Å². The summed E-state index contributed by atoms with van der Waals surface area (Å²) in [5.74, 6) is 1.56. The van der Waals surface area contributed by atoms with E-state index in [2.05, 4.69) is 0 Å². The molecule has 3 N–H and O–H groups in total. The molecule has 1 atom stereocenters. The zero-order valence-corrected chi connectivity index (χ0v) is 9.59. The lowest BCUT2D eigenvalue weighted by Gasteiger charge is -2.26. The first-order valence-corrected chi connectivity index (χ1v) is 6.35. The average molecular weight is 223 g/mol. The van der Waals surface area contributed by atoms with Crippen molar-refractivity contribution in [2.24, 2.45) is 5.73 Å². The van der Waals surface area contributed by atoms with Crippen LogP contribution < -0.4 is 5.73 Å². The molecule has 3 heteroatoms. The Bertz CT molecular complexity index is 317. The number of nitrogens with two attached hydrogens (primary N) is 1. The van der Waals surface area contributed by atoms with Gasteiger partial charge < -0.3 is 10.8 Å². The van der Waals surface area contributed by atoms with Gasteiger partial charge in [-0.25, -0.2) is 0 Å². The molecular formula is C12H17NOS. The third-order valence-electron chi connectivity index (χ3n) is 3.02. The van der Waals surface area contributed by atoms with Crippen molar-refractivity contribution < 1.29 is 5.11 Å². The lowest BCUT2D eigenvalue weighted by atomic mass is 9.94. The van der Waals surface area contributed by atoms with Crippen LogP contribution in [-0.2, 0) is 6.42 Å². The fourth-order valence-corrected chi connectivity index (χ4v) is 3.51. The van der Waals surface area contributed by atoms with Crippen LogP contribution in [0, 0.1) is 0 Å². The second-order valence-corrected chi connectivity index (χ2v) is 5.75. The Morgan fingerprint density at radius 2 is 2.07 bits per heavy atom. The molecule has 0 aliphatic carbocycles. The molecule has 1 aliphatic rings. The first-order valence-electron chi connectivity index (χ1n) is 5.36. The van der Waals surface area contributed by atoms with Crippen molar-refractivity contribution in [2.45, 2.75) is 24.0 Å². The number of thioether (sulfide) groups is 1. The molecule has 1 unspecified atom stereocenters. The normalized spacial score (nSPS) is 25.7. The van der Waals surface area contributed by atoms with Gasteiger partial charge in [0.05, 0.1) is 0 Å². The molecule has 2 rings (SSSR count). The van der Waals surface area contributed by atoms with E-state index >= 15 is 0 Å². The van der Waals surface area contributed by atoms with Gasteiger partial charge in [-0.3, -0.25) is 0 Å². The highest BCUT2D eigenvalue weighted by atomic mass is 32.2. The molecule has 0 aromatic heterocycles. The second kappa shape index (κ2) is 4.45. The summed E-state index contributed by atoms with van der Waals surface area (Å²) in [6.45, 7) is 0.749. The molecule has 0 bridgehead atoms. The Kier molecular flexibility index (Phi) is 3.22. The summed E-state index contributed by atoms with van der Waals surface area (Å²) in [6, 6.07) is 7.48. The van der Waals surface area contributed by atoms with Gasteiger partial charge in [-0.05, 0) is 42.7 Å². The maximum Gasteiger partial charge on any atom is 0.115 e. The molecule has 1 aliphatic heterocycles. The Hall–Kier alpha value is -0.670. The van der Waals surface area contributed by atoms with Gasteiger partial charge >= 0.3 is 0 Å². The Morgan fingerprint density at radius 3 is 2.60 bits per heavy atom. The van der Waals surface area contributed by atoms with Gasteiger partial charge in [-0.2, -0.15) is 11.8 Å². The van der Waals surface area contributed by atoms with Crippen molar-refractivity contribution in [1.29, 1.82) is 0 Å². The Morgan fingerprint density at radius 1 is 1.33 bits per heavy atom. The van der Waals surface area contributed by atoms with E-state index in [0.29, 0.717) is 5.75 Å². The number of aromatic hydroxyl groups is 1. The summed E-state index contributed by atoms with van der Waals surface area (Å²) in [6.07, 6.45) is 3.52. The third kappa shape index (κ3) is 2.47. The quantitative estimate of drug-likeness (QED) is 0.825. The Labute approximate surface area is 94.9 Å². The van der Waals surface area contributed by atoms with E-state index in [0.717, 1.165) is 13.0 Å². The average Bonchev–Trinajstić information content (AvgIpc) is 2.71. The highest BCUT2D eigenvalue weighted by Gasteiger charge is 2.33. The van der Waals surface area contributed by atoms with Crippen molar-refractivity contribution in [2.75, 3.05) is 12.3 Å². The molecule has 0 radical (unpaired) electrons. The minimum Gasteiger partial charge on any atom is -0.508 e. The van der Waals surface area contributed by atoms with E-state index in [1.807, 2.05) is 23.9 Å². The Balaban J connectivity index is 2.09. The minimum atomic E-state index is 0.247. The smallest absolute Gasteiger partial charge is 0.115 e. The fraction of sp³-hybridized carbons (Fsp3) is 0.500. The van der Waals surface area contributed by atoms with Gasteiger partial charge in [-0.1, -0.05) is 12.1 Å². The number of hydrogen-bond donors (Lipinski definition) is 2. The molecule has 82 valence electrons. The summed E-state index contributed by atoms with van der Waals surface area (Å²) in [4.78, 5) is 0. The van der Waals surface area contributed by atoms with Crippen LogP contribution in [0.15, 0.2) is 24.3 Å². The standard InChI is InChI=1S/C12H17NOS/c13-9-12(6-1-7-15-12)8-10-2-4-11(14)5-3-10/h2-5,14H,1,6-9,13H2. The largest absolute Gasteiger partial charge is 0.508 e. The first kappa shape index (κ1) is 10.8. The van der Waals surface area contributed by atoms with Crippen LogP contribution in [0.1, 0.15) is 18.4 Å². The zero-order valence-electron chi connectivity index (χ0n) is 8.78. The van der Waals surface area contributed by atoms with E-state index in [1.165, 1.54) is 24.2 Å². The molecule has 1 aromatic carbocycles. The van der Waals surface area contributed by atoms with Crippen LogP contribution >= 0.6 is 11.8 Å². The number of hydrogen-bond acceptors (Lipinski definition) is 3. The molecule has 15 heavy (non-hydrogen) atoms. The molecule has 1 saturated heterocycles. The molecular weight excluding hydrogens is 206 g/mol. The topological polar surface area (TPSA) is 46.2 Å². The number of rotatable bonds is 3. The van der Waals surface area contributed by atoms with Crippen molar-refractivity contribution in [3.63, 3.8) is 0 Å². The predicted molar refractivity (Wildman–Crippen MR) is 65.3 cm³/mol. The minimum absolute atomic E-state index is 0.247. The highest BCUT2D eigenvalue weighted by molar-refractivity contribution is 8.00. The summed E-state index contributed by atoms with van der Waals surface area (Å²) in [7, 11) is 0. The van der Waals surface area contributed by atoms with Gasteiger partial charge in [0, 0.05) is 11.3 Å². The first-order chi connectivity index (χ1) is 7.24. The number of benzene rings is 1. The maximum absolute atomic E-state index is 9.21. The molecule has 1 heterocycles. The van der Waals surface area contributed by atoms with Crippen molar-refractivity contribution in [1.82, 2.24) is 0 Å². The summed E-state index contributed by atoms with van der Waals surface area (Å²) in [5.41, 5.74) is 7.15. The van der Waals surface area contributed by atoms with Gasteiger partial charge in [0.25, 0.3) is 0 Å². The van der Waals surface area contributed by atoms with Crippen LogP contribution in [0.4, 0.5) is 0 Å². The molecule has 0 spiro atoms. The van der Waals surface area contributed by atoms with Gasteiger partial charge in [0.2, 0.25) is 0 Å². The zero-order chi connectivity index (χ0) is 10.7. The predicted octanol–water partition coefficient (Wildman–Crippen LogP) is 2.16. The summed E-state index contributed by atoms with van der Waals surface area (Å²) >= 11 is 2.00. The molecule has 0 amide bonds. The molecule has 1 aromatic rings. The molecule has 0 saturated carbocycles. The highest BCUT2D eigenvalue weighted by Crippen LogP contribution is 2.40. The summed E-state index contributed by atoms with van der Waals surface area (Å²) in [5, 5.41) is 9.21. The van der Waals surface area contributed by atoms with Crippen LogP contribution in [0.5, 0.6) is 5.75 Å². The van der Waals surface area contributed by atoms with Crippen molar-refractivity contribution >= 4 is 11.8 Å². The van der Waals surface area contributed by atoms with E-state index in [9.17, 15) is 5.11 Å². The van der Waals surface area contributed by atoms with Crippen LogP contribution in [-0.4, -0.2) is 22.2 Å². The van der Waals surface area contributed by atoms with Crippen LogP contribution in [0.25, 0.3) is 0 Å². The second-order valence-electron chi connectivity index (χ2n) is 4.18. The van der Waals surface area contributed by atoms with Crippen LogP contribution in [0.2, 0.25) is 0 Å². The summed E-state index contributed by atoms with van der Waals surface area (Å²) < 4.78 is 0.247. The van der Waals surface area contributed by atoms with Crippen LogP contribution in [0.3, 0.4) is 0 Å². The maximum atomic E-state index is 9.21. The number of phenolic OH excluding ortho intramolecular Hbond substituents is 1. The number of phenols is 1. The molecule has 2 nitrogen and oxygen atoms in total. The third-order valence-corrected chi connectivity index (χ3v) is 4.64. The van der Waals surface area contributed by atoms with Gasteiger partial charge in [0.1, 0.15) is 5.75 Å². The van der Waals surface area contributed by atoms with Gasteiger partial charge in [0.15, 0.2) is 0 Å². The fourth-order valence-electron chi connectivity index (χ4n) is 2.11. The van der Waals surface area contributed by atoms with E-state index in [1.54, 1.807) is 12.1 Å². The van der Waals surface area contributed by atoms with E-state index in [-0.39, 0.29) is 4.75 Å². The lowest BCUT2D eigenvalue weighted by Crippen LogP contribution is -2.34. The SMILES string of the molecule is NCC1(Cc2ccc(O)cc2)CCCS1. The molecule has 1 fully saturated rings. The van der Waals surface area contributed by atoms with E-state index in [4.69, 9.17) is 5.73 Å². The van der Waals surface area contributed by atoms with Crippen molar-refractivity contribution in [3.05, 3.63) is 29.8 Å². The monoisotopic (exact) mass is 223 g/mol.